The summed E-state index contributed by atoms with van der Waals surface area (Å²) in [5.74, 6) is 1.05. The number of aryl methyl sites for hydroxylation is 2. The van der Waals surface area contributed by atoms with Crippen molar-refractivity contribution in [3.8, 4) is 11.4 Å². The molecule has 4 aromatic rings. The molecule has 0 bridgehead atoms. The van der Waals surface area contributed by atoms with Crippen molar-refractivity contribution in [1.82, 2.24) is 14.1 Å². The van der Waals surface area contributed by atoms with E-state index in [-0.39, 0.29) is 0 Å². The highest BCUT2D eigenvalue weighted by atomic mass is 15.2. The van der Waals surface area contributed by atoms with Crippen LogP contribution >= 0.6 is 0 Å². The Hall–Kier alpha value is -2.62. The summed E-state index contributed by atoms with van der Waals surface area (Å²) in [5.41, 5.74) is 4.69. The number of benzene rings is 1. The van der Waals surface area contributed by atoms with Gasteiger partial charge in [-0.05, 0) is 12.1 Å². The first-order chi connectivity index (χ1) is 11.5. The summed E-state index contributed by atoms with van der Waals surface area (Å²) in [6, 6.07) is 10.1. The lowest BCUT2D eigenvalue weighted by Crippen LogP contribution is -2.33. The predicted octanol–water partition coefficient (Wildman–Crippen LogP) is 2.38. The first-order valence-electron chi connectivity index (χ1n) is 8.44. The molecule has 4 heteroatoms. The Balaban J connectivity index is 2.02. The third-order valence-corrected chi connectivity index (χ3v) is 4.47. The molecule has 0 unspecified atom stereocenters. The fraction of sp³-hybridized carbons (Fsp3) is 0.176. The minimum atomic E-state index is -2.26. The van der Waals surface area contributed by atoms with Crippen molar-refractivity contribution in [2.75, 3.05) is 0 Å². The molecule has 4 heterocycles. The van der Waals surface area contributed by atoms with Crippen LogP contribution in [-0.2, 0) is 20.6 Å². The highest BCUT2D eigenvalue weighted by Gasteiger charge is 2.34. The smallest absolute Gasteiger partial charge is 0.261 e. The Morgan fingerprint density at radius 2 is 2.14 bits per heavy atom. The lowest BCUT2D eigenvalue weighted by atomic mass is 10.1. The number of imidazole rings is 1. The van der Waals surface area contributed by atoms with Gasteiger partial charge in [-0.2, -0.15) is 0 Å². The predicted molar refractivity (Wildman–Crippen MR) is 81.9 cm³/mol. The van der Waals surface area contributed by atoms with Gasteiger partial charge in [0.25, 0.3) is 5.65 Å². The number of nitrogens with zero attached hydrogens (tertiary/aromatic N) is 4. The molecule has 3 aromatic heterocycles. The molecule has 0 amide bonds. The summed E-state index contributed by atoms with van der Waals surface area (Å²) >= 11 is 0. The standard InChI is InChI=1S/C17H15N4/c1-19-14-9-18-8-7-13(14)15-17(19)21-10-11-5-3-4-6-12(11)16(21)20(15)2/h3-9H,10H2,1-2H3/q+1/i1D3. The average Bonchev–Trinajstić information content (AvgIpc) is 3.16. The molecule has 4 nitrogen and oxygen atoms in total. The number of rotatable bonds is 0. The van der Waals surface area contributed by atoms with Gasteiger partial charge < -0.3 is 0 Å². The number of fused-ring (bicyclic) bond motifs is 7. The van der Waals surface area contributed by atoms with Crippen molar-refractivity contribution in [3.05, 3.63) is 48.3 Å². The third-order valence-electron chi connectivity index (χ3n) is 4.47. The molecule has 0 saturated carbocycles. The van der Waals surface area contributed by atoms with E-state index in [1.54, 1.807) is 12.4 Å². The van der Waals surface area contributed by atoms with E-state index >= 15 is 0 Å². The summed E-state index contributed by atoms with van der Waals surface area (Å²) < 4.78 is 29.7. The fourth-order valence-corrected chi connectivity index (χ4v) is 3.59. The largest absolute Gasteiger partial charge is 0.269 e. The average molecular weight is 278 g/mol. The first kappa shape index (κ1) is 8.62. The van der Waals surface area contributed by atoms with Crippen molar-refractivity contribution in [1.29, 1.82) is 0 Å². The maximum Gasteiger partial charge on any atom is 0.269 e. The zero-order valence-electron chi connectivity index (χ0n) is 14.5. The molecular weight excluding hydrogens is 260 g/mol. The van der Waals surface area contributed by atoms with Crippen LogP contribution in [0.5, 0.6) is 0 Å². The summed E-state index contributed by atoms with van der Waals surface area (Å²) in [5, 5.41) is 0.915. The van der Waals surface area contributed by atoms with Gasteiger partial charge in [0.2, 0.25) is 5.82 Å². The van der Waals surface area contributed by atoms with Gasteiger partial charge in [-0.1, -0.05) is 18.2 Å². The van der Waals surface area contributed by atoms with Crippen molar-refractivity contribution in [3.63, 3.8) is 0 Å². The van der Waals surface area contributed by atoms with Gasteiger partial charge in [0.1, 0.15) is 5.52 Å². The fourth-order valence-electron chi connectivity index (χ4n) is 3.59. The minimum absolute atomic E-state index is 0.643. The number of hydrogen-bond acceptors (Lipinski definition) is 1. The van der Waals surface area contributed by atoms with Crippen molar-refractivity contribution in [2.24, 2.45) is 14.0 Å². The van der Waals surface area contributed by atoms with Gasteiger partial charge in [0.15, 0.2) is 5.52 Å². The van der Waals surface area contributed by atoms with E-state index in [9.17, 15) is 0 Å². The Morgan fingerprint density at radius 3 is 3.05 bits per heavy atom. The molecule has 0 N–H and O–H groups in total. The quantitative estimate of drug-likeness (QED) is 0.399. The topological polar surface area (TPSA) is 26.6 Å². The molecular formula is C17H15N4+. The number of hydrogen-bond donors (Lipinski definition) is 0. The van der Waals surface area contributed by atoms with E-state index < -0.39 is 6.98 Å². The molecule has 0 spiro atoms. The van der Waals surface area contributed by atoms with Crippen LogP contribution in [0.3, 0.4) is 0 Å². The number of aromatic nitrogens is 4. The first-order valence-corrected chi connectivity index (χ1v) is 6.94. The second-order valence-electron chi connectivity index (χ2n) is 5.53. The highest BCUT2D eigenvalue weighted by molar-refractivity contribution is 6.04. The summed E-state index contributed by atoms with van der Waals surface area (Å²) in [4.78, 5) is 4.14. The molecule has 102 valence electrons. The van der Waals surface area contributed by atoms with Gasteiger partial charge >= 0.3 is 0 Å². The monoisotopic (exact) mass is 278 g/mol. The van der Waals surface area contributed by atoms with Gasteiger partial charge in [-0.15, -0.1) is 0 Å². The molecule has 0 fully saturated rings. The second kappa shape index (κ2) is 3.52. The van der Waals surface area contributed by atoms with Crippen LogP contribution in [-0.4, -0.2) is 14.1 Å². The Labute approximate surface area is 126 Å². The van der Waals surface area contributed by atoms with E-state index in [1.807, 2.05) is 25.2 Å². The summed E-state index contributed by atoms with van der Waals surface area (Å²) in [7, 11) is 2.00. The molecule has 1 aliphatic rings. The van der Waals surface area contributed by atoms with Gasteiger partial charge in [-0.25, -0.2) is 4.57 Å². The van der Waals surface area contributed by atoms with Crippen LogP contribution in [0.2, 0.25) is 0 Å². The summed E-state index contributed by atoms with van der Waals surface area (Å²) in [6.45, 7) is -1.58. The highest BCUT2D eigenvalue weighted by Crippen LogP contribution is 2.34. The molecule has 5 rings (SSSR count). The number of pyridine rings is 1. The van der Waals surface area contributed by atoms with E-state index in [0.29, 0.717) is 12.1 Å². The SMILES string of the molecule is [2H]C([2H])([2H])n1c2cnccc2c2c1[n+]1c(n2C)-c2ccccc2C1. The van der Waals surface area contributed by atoms with Crippen LogP contribution < -0.4 is 4.57 Å². The minimum Gasteiger partial charge on any atom is -0.261 e. The van der Waals surface area contributed by atoms with Crippen LogP contribution in [0.4, 0.5) is 0 Å². The lowest BCUT2D eigenvalue weighted by molar-refractivity contribution is -0.648. The van der Waals surface area contributed by atoms with Gasteiger partial charge in [0.05, 0.1) is 41.8 Å². The molecule has 0 aliphatic carbocycles. The normalized spacial score (nSPS) is 15.8. The maximum atomic E-state index is 8.03. The molecule has 1 aromatic carbocycles. The lowest BCUT2D eigenvalue weighted by Gasteiger charge is -1.97. The Bertz CT molecular complexity index is 1130. The van der Waals surface area contributed by atoms with Crippen LogP contribution in [0, 0.1) is 0 Å². The molecule has 1 aliphatic heterocycles. The molecule has 21 heavy (non-hydrogen) atoms. The van der Waals surface area contributed by atoms with Crippen LogP contribution in [0.25, 0.3) is 33.5 Å². The van der Waals surface area contributed by atoms with Crippen molar-refractivity contribution >= 4 is 22.1 Å². The molecule has 0 atom stereocenters. The zero-order valence-corrected chi connectivity index (χ0v) is 11.5. The van der Waals surface area contributed by atoms with Gasteiger partial charge in [0, 0.05) is 11.8 Å². The van der Waals surface area contributed by atoms with E-state index in [2.05, 4.69) is 26.3 Å². The molecule has 0 saturated heterocycles. The van der Waals surface area contributed by atoms with Crippen molar-refractivity contribution in [2.45, 2.75) is 6.54 Å². The van der Waals surface area contributed by atoms with E-state index in [1.165, 1.54) is 10.1 Å². The van der Waals surface area contributed by atoms with Gasteiger partial charge in [-0.3, -0.25) is 14.1 Å². The Kier molecular flexibility index (Phi) is 1.45. The third kappa shape index (κ3) is 1.17. The second-order valence-corrected chi connectivity index (χ2v) is 5.53. The Morgan fingerprint density at radius 1 is 1.24 bits per heavy atom. The van der Waals surface area contributed by atoms with E-state index in [4.69, 9.17) is 4.11 Å². The summed E-state index contributed by atoms with van der Waals surface area (Å²) in [6.07, 6.45) is 3.35. The molecule has 0 radical (unpaired) electrons. The van der Waals surface area contributed by atoms with Crippen molar-refractivity contribution < 1.29 is 8.68 Å². The van der Waals surface area contributed by atoms with E-state index in [0.717, 1.165) is 27.9 Å². The maximum absolute atomic E-state index is 8.03. The zero-order chi connectivity index (χ0) is 16.6. The van der Waals surface area contributed by atoms with Crippen LogP contribution in [0.15, 0.2) is 42.7 Å². The van der Waals surface area contributed by atoms with Crippen LogP contribution in [0.1, 0.15) is 9.68 Å².